The average molecular weight is 364 g/mol. The maximum Gasteiger partial charge on any atom is 0.332 e. The Balaban J connectivity index is 1.83. The van der Waals surface area contributed by atoms with E-state index in [4.69, 9.17) is 0 Å². The fraction of sp³-hybridized carbons (Fsp3) is 0.263. The third kappa shape index (κ3) is 2.79. The predicted octanol–water partition coefficient (Wildman–Crippen LogP) is 1.44. The van der Waals surface area contributed by atoms with E-state index in [2.05, 4.69) is 10.1 Å². The average Bonchev–Trinajstić information content (AvgIpc) is 3.03. The number of anilines is 1. The number of allylic oxidation sites excluding steroid dienone is 1. The summed E-state index contributed by atoms with van der Waals surface area (Å²) in [6.07, 6.45) is 3.71. The summed E-state index contributed by atoms with van der Waals surface area (Å²) < 4.78 is 4.47. The van der Waals surface area contributed by atoms with Crippen LogP contribution >= 0.6 is 0 Å². The van der Waals surface area contributed by atoms with Crippen LogP contribution in [0.3, 0.4) is 0 Å². The highest BCUT2D eigenvalue weighted by molar-refractivity contribution is 5.87. The molecule has 0 unspecified atom stereocenters. The van der Waals surface area contributed by atoms with Crippen molar-refractivity contribution in [3.63, 3.8) is 0 Å². The Labute approximate surface area is 155 Å². The van der Waals surface area contributed by atoms with Gasteiger partial charge in [-0.15, -0.1) is 0 Å². The summed E-state index contributed by atoms with van der Waals surface area (Å²) in [5.41, 5.74) is 1.95. The number of hydrogen-bond donors (Lipinski definition) is 0. The molecule has 0 N–H and O–H groups in total. The summed E-state index contributed by atoms with van der Waals surface area (Å²) in [5.74, 6) is 0.556. The van der Waals surface area contributed by atoms with Gasteiger partial charge >= 0.3 is 5.69 Å². The maximum absolute atomic E-state index is 13.1. The first-order valence-corrected chi connectivity index (χ1v) is 8.67. The van der Waals surface area contributed by atoms with Crippen LogP contribution in [0.15, 0.2) is 51.1 Å². The number of benzene rings is 1. The monoisotopic (exact) mass is 364 g/mol. The van der Waals surface area contributed by atoms with Crippen LogP contribution in [0.2, 0.25) is 0 Å². The molecule has 1 aromatic carbocycles. The molecule has 138 valence electrons. The molecule has 0 saturated heterocycles. The highest BCUT2D eigenvalue weighted by Gasteiger charge is 2.24. The Morgan fingerprint density at radius 1 is 1.15 bits per heavy atom. The molecule has 27 heavy (non-hydrogen) atoms. The van der Waals surface area contributed by atoms with E-state index >= 15 is 0 Å². The Kier molecular flexibility index (Phi) is 4.02. The van der Waals surface area contributed by atoms with Crippen LogP contribution in [0.5, 0.6) is 0 Å². The molecule has 0 aliphatic carbocycles. The molecule has 0 spiro atoms. The number of fused-ring (bicyclic) bond motifs is 3. The number of nitrogens with zero attached hydrogens (tertiary/aromatic N) is 6. The fourth-order valence-corrected chi connectivity index (χ4v) is 3.34. The van der Waals surface area contributed by atoms with E-state index in [0.29, 0.717) is 23.7 Å². The Bertz CT molecular complexity index is 1200. The van der Waals surface area contributed by atoms with E-state index in [1.165, 1.54) is 9.13 Å². The van der Waals surface area contributed by atoms with Gasteiger partial charge in [-0.2, -0.15) is 10.1 Å². The Hall–Kier alpha value is -3.42. The lowest BCUT2D eigenvalue weighted by molar-refractivity contribution is 0.664. The van der Waals surface area contributed by atoms with Gasteiger partial charge in [-0.05, 0) is 12.5 Å². The van der Waals surface area contributed by atoms with Crippen molar-refractivity contribution in [3.8, 4) is 0 Å². The molecule has 0 radical (unpaired) electrons. The maximum atomic E-state index is 13.1. The Morgan fingerprint density at radius 3 is 2.63 bits per heavy atom. The predicted molar refractivity (Wildman–Crippen MR) is 106 cm³/mol. The number of hydrogen-bond acceptors (Lipinski definition) is 5. The van der Waals surface area contributed by atoms with Crippen LogP contribution in [-0.2, 0) is 20.1 Å². The van der Waals surface area contributed by atoms with Gasteiger partial charge in [-0.1, -0.05) is 42.5 Å². The van der Waals surface area contributed by atoms with Crippen molar-refractivity contribution in [2.45, 2.75) is 20.0 Å². The molecule has 4 rings (SSSR count). The quantitative estimate of drug-likeness (QED) is 0.705. The Morgan fingerprint density at radius 2 is 1.89 bits per heavy atom. The molecular formula is C19H20N6O2. The van der Waals surface area contributed by atoms with Crippen molar-refractivity contribution < 1.29 is 0 Å². The van der Waals surface area contributed by atoms with Crippen molar-refractivity contribution in [2.75, 3.05) is 12.1 Å². The number of aromatic nitrogens is 4. The number of imidazole rings is 1. The lowest BCUT2D eigenvalue weighted by Crippen LogP contribution is -2.39. The van der Waals surface area contributed by atoms with Crippen molar-refractivity contribution in [1.29, 1.82) is 0 Å². The third-order valence-electron chi connectivity index (χ3n) is 4.61. The van der Waals surface area contributed by atoms with Crippen LogP contribution in [0.1, 0.15) is 12.5 Å². The zero-order valence-corrected chi connectivity index (χ0v) is 15.5. The SMILES string of the molecule is CC1=NN(C)c2nc3c(c(=O)n(CC=Cc4ccccc4)c(=O)n3C)n2C1. The van der Waals surface area contributed by atoms with Crippen LogP contribution in [0, 0.1) is 0 Å². The summed E-state index contributed by atoms with van der Waals surface area (Å²) in [5, 5.41) is 5.99. The number of rotatable bonds is 3. The molecule has 3 heterocycles. The molecule has 1 aliphatic heterocycles. The van der Waals surface area contributed by atoms with Gasteiger partial charge in [-0.3, -0.25) is 18.5 Å². The van der Waals surface area contributed by atoms with Gasteiger partial charge < -0.3 is 0 Å². The van der Waals surface area contributed by atoms with Crippen LogP contribution in [-0.4, -0.2) is 31.4 Å². The van der Waals surface area contributed by atoms with Gasteiger partial charge in [-0.25, -0.2) is 9.80 Å². The largest absolute Gasteiger partial charge is 0.332 e. The summed E-state index contributed by atoms with van der Waals surface area (Å²) in [4.78, 5) is 30.3. The fourth-order valence-electron chi connectivity index (χ4n) is 3.34. The van der Waals surface area contributed by atoms with E-state index in [9.17, 15) is 9.59 Å². The number of hydrazone groups is 1. The lowest BCUT2D eigenvalue weighted by atomic mass is 10.2. The van der Waals surface area contributed by atoms with Crippen LogP contribution in [0.4, 0.5) is 5.95 Å². The molecule has 8 nitrogen and oxygen atoms in total. The molecule has 8 heteroatoms. The molecule has 3 aromatic rings. The van der Waals surface area contributed by atoms with Gasteiger partial charge in [0.05, 0.1) is 12.3 Å². The lowest BCUT2D eigenvalue weighted by Gasteiger charge is -2.20. The molecule has 2 aromatic heterocycles. The third-order valence-corrected chi connectivity index (χ3v) is 4.61. The van der Waals surface area contributed by atoms with E-state index in [-0.39, 0.29) is 17.8 Å². The van der Waals surface area contributed by atoms with Crippen molar-refractivity contribution in [1.82, 2.24) is 18.7 Å². The molecule has 0 atom stereocenters. The van der Waals surface area contributed by atoms with Crippen LogP contribution < -0.4 is 16.3 Å². The highest BCUT2D eigenvalue weighted by Crippen LogP contribution is 2.22. The van der Waals surface area contributed by atoms with Gasteiger partial charge in [0.15, 0.2) is 11.2 Å². The molecule has 1 aliphatic rings. The standard InChI is InChI=1S/C19H20N6O2/c1-13-12-25-15-16(20-18(25)23(3)21-13)22(2)19(27)24(17(15)26)11-7-10-14-8-5-4-6-9-14/h4-10H,11-12H2,1-3H3. The van der Waals surface area contributed by atoms with Crippen LogP contribution in [0.25, 0.3) is 17.2 Å². The topological polar surface area (TPSA) is 77.4 Å². The minimum absolute atomic E-state index is 0.194. The molecular weight excluding hydrogens is 344 g/mol. The zero-order chi connectivity index (χ0) is 19.1. The summed E-state index contributed by atoms with van der Waals surface area (Å²) >= 11 is 0. The van der Waals surface area contributed by atoms with Crippen molar-refractivity contribution >= 4 is 28.9 Å². The van der Waals surface area contributed by atoms with Crippen molar-refractivity contribution in [3.05, 3.63) is 62.8 Å². The highest BCUT2D eigenvalue weighted by atomic mass is 16.2. The van der Waals surface area contributed by atoms with E-state index in [0.717, 1.165) is 11.3 Å². The summed E-state index contributed by atoms with van der Waals surface area (Å²) in [6, 6.07) is 9.75. The molecule has 0 fully saturated rings. The van der Waals surface area contributed by atoms with E-state index in [1.807, 2.05) is 54.0 Å². The number of aryl methyl sites for hydroxylation is 1. The minimum Gasteiger partial charge on any atom is -0.297 e. The first kappa shape index (κ1) is 17.0. The molecule has 0 bridgehead atoms. The smallest absolute Gasteiger partial charge is 0.297 e. The first-order chi connectivity index (χ1) is 13.0. The normalized spacial score (nSPS) is 14.0. The summed E-state index contributed by atoms with van der Waals surface area (Å²) in [7, 11) is 3.41. The first-order valence-electron chi connectivity index (χ1n) is 8.67. The van der Waals surface area contributed by atoms with E-state index < -0.39 is 0 Å². The molecule has 0 amide bonds. The van der Waals surface area contributed by atoms with Gasteiger partial charge in [0.2, 0.25) is 5.95 Å². The van der Waals surface area contributed by atoms with E-state index in [1.54, 1.807) is 19.1 Å². The second-order valence-corrected chi connectivity index (χ2v) is 6.60. The minimum atomic E-state index is -0.388. The van der Waals surface area contributed by atoms with Gasteiger partial charge in [0.25, 0.3) is 5.56 Å². The summed E-state index contributed by atoms with van der Waals surface area (Å²) in [6.45, 7) is 2.57. The zero-order valence-electron chi connectivity index (χ0n) is 15.5. The molecule has 0 saturated carbocycles. The van der Waals surface area contributed by atoms with Gasteiger partial charge in [0, 0.05) is 20.6 Å². The van der Waals surface area contributed by atoms with Crippen molar-refractivity contribution in [2.24, 2.45) is 12.1 Å². The second kappa shape index (κ2) is 6.39. The van der Waals surface area contributed by atoms with Gasteiger partial charge in [0.1, 0.15) is 0 Å². The second-order valence-electron chi connectivity index (χ2n) is 6.60.